The first-order valence-corrected chi connectivity index (χ1v) is 3.71. The van der Waals surface area contributed by atoms with Crippen LogP contribution in [0.1, 0.15) is 5.56 Å². The van der Waals surface area contributed by atoms with Crippen LogP contribution in [0.2, 0.25) is 0 Å². The number of phenolic OH excluding ortho intramolecular Hbond substituents is 1. The molecule has 2 heteroatoms. The van der Waals surface area contributed by atoms with Crippen molar-refractivity contribution in [3.63, 3.8) is 0 Å². The Kier molecular flexibility index (Phi) is 2.11. The Labute approximate surface area is 62.5 Å². The molecule has 47 valence electrons. The number of para-hydroxylation sites is 1. The Balaban J connectivity index is 3.01. The molecule has 1 aromatic rings. The summed E-state index contributed by atoms with van der Waals surface area (Å²) in [4.78, 5) is 0. The smallest absolute Gasteiger partial charge is 0.127 e. The van der Waals surface area contributed by atoms with Crippen LogP contribution in [0.5, 0.6) is 5.75 Å². The lowest BCUT2D eigenvalue weighted by Gasteiger charge is -1.95. The SMILES string of the molecule is Oc1[c]cccc1CBr. The molecule has 0 amide bonds. The van der Waals surface area contributed by atoms with Crippen molar-refractivity contribution in [3.8, 4) is 5.75 Å². The standard InChI is InChI=1S/C7H6BrO/c8-5-6-3-1-2-4-7(6)9/h1-3,9H,5H2. The predicted molar refractivity (Wildman–Crippen MR) is 39.6 cm³/mol. The lowest BCUT2D eigenvalue weighted by Crippen LogP contribution is -1.75. The number of halogens is 1. The zero-order valence-electron chi connectivity index (χ0n) is 4.76. The van der Waals surface area contributed by atoms with E-state index in [2.05, 4.69) is 22.0 Å². The van der Waals surface area contributed by atoms with Crippen molar-refractivity contribution >= 4 is 15.9 Å². The van der Waals surface area contributed by atoms with E-state index in [-0.39, 0.29) is 5.75 Å². The van der Waals surface area contributed by atoms with Gasteiger partial charge in [-0.2, -0.15) is 0 Å². The van der Waals surface area contributed by atoms with Crippen molar-refractivity contribution in [2.24, 2.45) is 0 Å². The topological polar surface area (TPSA) is 20.2 Å². The van der Waals surface area contributed by atoms with Gasteiger partial charge < -0.3 is 5.11 Å². The molecule has 1 aromatic carbocycles. The van der Waals surface area contributed by atoms with Gasteiger partial charge in [0, 0.05) is 17.0 Å². The number of aromatic hydroxyl groups is 1. The van der Waals surface area contributed by atoms with Crippen molar-refractivity contribution in [1.29, 1.82) is 0 Å². The summed E-state index contributed by atoms with van der Waals surface area (Å²) in [6, 6.07) is 8.05. The minimum atomic E-state index is 0.231. The molecule has 0 saturated heterocycles. The van der Waals surface area contributed by atoms with Crippen LogP contribution < -0.4 is 0 Å². The van der Waals surface area contributed by atoms with E-state index in [0.29, 0.717) is 5.33 Å². The van der Waals surface area contributed by atoms with Crippen molar-refractivity contribution in [3.05, 3.63) is 29.8 Å². The average molecular weight is 186 g/mol. The second-order valence-electron chi connectivity index (χ2n) is 1.68. The molecular weight excluding hydrogens is 180 g/mol. The molecule has 1 rings (SSSR count). The van der Waals surface area contributed by atoms with Crippen molar-refractivity contribution < 1.29 is 5.11 Å². The normalized spacial score (nSPS) is 9.44. The van der Waals surface area contributed by atoms with Gasteiger partial charge in [-0.25, -0.2) is 0 Å². The molecular formula is C7H6BrO. The molecule has 0 aliphatic carbocycles. The minimum absolute atomic E-state index is 0.231. The van der Waals surface area contributed by atoms with Gasteiger partial charge in [-0.3, -0.25) is 0 Å². The summed E-state index contributed by atoms with van der Waals surface area (Å²) in [5.41, 5.74) is 0.873. The second-order valence-corrected chi connectivity index (χ2v) is 2.24. The second kappa shape index (κ2) is 2.87. The van der Waals surface area contributed by atoms with Crippen LogP contribution in [0.15, 0.2) is 18.2 Å². The molecule has 0 aliphatic heterocycles. The van der Waals surface area contributed by atoms with Crippen LogP contribution in [-0.2, 0) is 5.33 Å². The van der Waals surface area contributed by atoms with Crippen LogP contribution in [0.25, 0.3) is 0 Å². The lowest BCUT2D eigenvalue weighted by molar-refractivity contribution is 0.469. The number of hydrogen-bond acceptors (Lipinski definition) is 1. The van der Waals surface area contributed by atoms with Gasteiger partial charge in [-0.1, -0.05) is 34.1 Å². The lowest BCUT2D eigenvalue weighted by atomic mass is 10.2. The van der Waals surface area contributed by atoms with E-state index >= 15 is 0 Å². The number of phenols is 1. The maximum Gasteiger partial charge on any atom is 0.127 e. The highest BCUT2D eigenvalue weighted by molar-refractivity contribution is 9.08. The van der Waals surface area contributed by atoms with Gasteiger partial charge in [0.15, 0.2) is 0 Å². The number of benzene rings is 1. The molecule has 1 N–H and O–H groups in total. The fourth-order valence-electron chi connectivity index (χ4n) is 0.571. The Hall–Kier alpha value is -0.500. The zero-order chi connectivity index (χ0) is 6.69. The Bertz CT molecular complexity index is 198. The summed E-state index contributed by atoms with van der Waals surface area (Å²) < 4.78 is 0. The summed E-state index contributed by atoms with van der Waals surface area (Å²) in [6.07, 6.45) is 0. The van der Waals surface area contributed by atoms with E-state index in [0.717, 1.165) is 5.56 Å². The van der Waals surface area contributed by atoms with Crippen LogP contribution in [-0.4, -0.2) is 5.11 Å². The molecule has 0 atom stereocenters. The summed E-state index contributed by atoms with van der Waals surface area (Å²) in [5, 5.41) is 9.70. The number of rotatable bonds is 1. The maximum atomic E-state index is 9.02. The van der Waals surface area contributed by atoms with Crippen LogP contribution in [0.4, 0.5) is 0 Å². The zero-order valence-corrected chi connectivity index (χ0v) is 6.35. The van der Waals surface area contributed by atoms with Crippen molar-refractivity contribution in [1.82, 2.24) is 0 Å². The van der Waals surface area contributed by atoms with Crippen molar-refractivity contribution in [2.45, 2.75) is 5.33 Å². The third kappa shape index (κ3) is 1.45. The summed E-state index contributed by atoms with van der Waals surface area (Å²) >= 11 is 3.23. The molecule has 0 aromatic heterocycles. The maximum absolute atomic E-state index is 9.02. The largest absolute Gasteiger partial charge is 0.507 e. The van der Waals surface area contributed by atoms with Crippen molar-refractivity contribution in [2.75, 3.05) is 0 Å². The third-order valence-electron chi connectivity index (χ3n) is 1.06. The molecule has 0 aliphatic rings. The number of hydrogen-bond donors (Lipinski definition) is 1. The van der Waals surface area contributed by atoms with Crippen LogP contribution in [0, 0.1) is 6.07 Å². The third-order valence-corrected chi connectivity index (χ3v) is 1.67. The molecule has 0 fully saturated rings. The predicted octanol–water partition coefficient (Wildman–Crippen LogP) is 2.09. The van der Waals surface area contributed by atoms with E-state index < -0.39 is 0 Å². The molecule has 0 bridgehead atoms. The monoisotopic (exact) mass is 185 g/mol. The molecule has 0 heterocycles. The highest BCUT2D eigenvalue weighted by Crippen LogP contribution is 2.16. The summed E-state index contributed by atoms with van der Waals surface area (Å²) in [7, 11) is 0. The highest BCUT2D eigenvalue weighted by Gasteiger charge is 1.94. The quantitative estimate of drug-likeness (QED) is 0.665. The van der Waals surface area contributed by atoms with Gasteiger partial charge in [0.1, 0.15) is 5.75 Å². The van der Waals surface area contributed by atoms with E-state index in [4.69, 9.17) is 5.11 Å². The van der Waals surface area contributed by atoms with E-state index in [1.165, 1.54) is 0 Å². The first kappa shape index (κ1) is 6.62. The summed E-state index contributed by atoms with van der Waals surface area (Å²) in [5.74, 6) is 0.231. The van der Waals surface area contributed by atoms with Gasteiger partial charge in [-0.05, 0) is 0 Å². The minimum Gasteiger partial charge on any atom is -0.507 e. The van der Waals surface area contributed by atoms with E-state index in [1.54, 1.807) is 6.07 Å². The van der Waals surface area contributed by atoms with E-state index in [9.17, 15) is 0 Å². The molecule has 1 nitrogen and oxygen atoms in total. The molecule has 0 unspecified atom stereocenters. The molecule has 9 heavy (non-hydrogen) atoms. The van der Waals surface area contributed by atoms with Gasteiger partial charge in [-0.15, -0.1) is 0 Å². The van der Waals surface area contributed by atoms with E-state index in [1.807, 2.05) is 12.1 Å². The average Bonchev–Trinajstić information content (AvgIpc) is 1.89. The highest BCUT2D eigenvalue weighted by atomic mass is 79.9. The summed E-state index contributed by atoms with van der Waals surface area (Å²) in [6.45, 7) is 0. The van der Waals surface area contributed by atoms with Crippen LogP contribution in [0.3, 0.4) is 0 Å². The molecule has 0 saturated carbocycles. The first-order valence-electron chi connectivity index (χ1n) is 2.59. The van der Waals surface area contributed by atoms with Gasteiger partial charge in [0.05, 0.1) is 0 Å². The fraction of sp³-hybridized carbons (Fsp3) is 0.143. The van der Waals surface area contributed by atoms with Gasteiger partial charge >= 0.3 is 0 Å². The number of alkyl halides is 1. The Morgan fingerprint density at radius 2 is 2.44 bits per heavy atom. The Morgan fingerprint density at radius 3 is 2.89 bits per heavy atom. The first-order chi connectivity index (χ1) is 4.34. The molecule has 0 spiro atoms. The fourth-order valence-corrected chi connectivity index (χ4v) is 1.02. The molecule has 1 radical (unpaired) electrons. The van der Waals surface area contributed by atoms with Gasteiger partial charge in [0.2, 0.25) is 0 Å². The van der Waals surface area contributed by atoms with Gasteiger partial charge in [0.25, 0.3) is 0 Å². The van der Waals surface area contributed by atoms with Crippen LogP contribution >= 0.6 is 15.9 Å². The Morgan fingerprint density at radius 1 is 1.67 bits per heavy atom.